The summed E-state index contributed by atoms with van der Waals surface area (Å²) < 4.78 is 5.56. The Hall–Kier alpha value is -3.61. The Bertz CT molecular complexity index is 987. The van der Waals surface area contributed by atoms with Crippen LogP contribution >= 0.6 is 0 Å². The van der Waals surface area contributed by atoms with E-state index >= 15 is 0 Å². The quantitative estimate of drug-likeness (QED) is 0.530. The molecule has 2 N–H and O–H groups in total. The molecule has 1 aliphatic carbocycles. The molecule has 33 heavy (non-hydrogen) atoms. The van der Waals surface area contributed by atoms with Crippen LogP contribution in [0.15, 0.2) is 61.2 Å². The molecule has 2 amide bonds. The number of fused-ring (bicyclic) bond motifs is 3. The third-order valence-electron chi connectivity index (χ3n) is 5.81. The molecule has 0 bridgehead atoms. The first kappa shape index (κ1) is 24.0. The summed E-state index contributed by atoms with van der Waals surface area (Å²) in [5, 5.41) is 11.6. The number of hydrogen-bond donors (Lipinski definition) is 2. The predicted molar refractivity (Wildman–Crippen MR) is 126 cm³/mol. The van der Waals surface area contributed by atoms with Crippen molar-refractivity contribution in [3.05, 3.63) is 72.3 Å². The number of carbonyl (C=O) groups excluding carboxylic acids is 2. The molecule has 1 atom stereocenters. The van der Waals surface area contributed by atoms with Gasteiger partial charge in [-0.2, -0.15) is 0 Å². The monoisotopic (exact) mass is 450 g/mol. The topological polar surface area (TPSA) is 95.9 Å². The number of alkyl carbamates (subject to hydrolysis) is 1. The maximum absolute atomic E-state index is 13.0. The van der Waals surface area contributed by atoms with Gasteiger partial charge < -0.3 is 20.1 Å². The summed E-state index contributed by atoms with van der Waals surface area (Å²) in [4.78, 5) is 38.1. The molecule has 1 aliphatic rings. The zero-order chi connectivity index (χ0) is 24.0. The summed E-state index contributed by atoms with van der Waals surface area (Å²) in [7, 11) is 0. The van der Waals surface area contributed by atoms with Gasteiger partial charge in [0.25, 0.3) is 0 Å². The van der Waals surface area contributed by atoms with Crippen LogP contribution in [0, 0.1) is 0 Å². The molecule has 7 heteroatoms. The van der Waals surface area contributed by atoms with E-state index in [2.05, 4.69) is 24.0 Å². The summed E-state index contributed by atoms with van der Waals surface area (Å²) >= 11 is 0. The van der Waals surface area contributed by atoms with E-state index in [1.54, 1.807) is 19.9 Å². The predicted octanol–water partition coefficient (Wildman–Crippen LogP) is 4.18. The number of carboxylic acid groups (broad SMARTS) is 1. The van der Waals surface area contributed by atoms with Crippen molar-refractivity contribution in [2.24, 2.45) is 0 Å². The number of carbonyl (C=O) groups is 3. The van der Waals surface area contributed by atoms with Crippen LogP contribution in [-0.4, -0.2) is 53.2 Å². The number of rotatable bonds is 10. The van der Waals surface area contributed by atoms with Gasteiger partial charge in [0.2, 0.25) is 5.91 Å². The Kier molecular flexibility index (Phi) is 7.87. The minimum atomic E-state index is -0.988. The second-order valence-electron chi connectivity index (χ2n) is 8.32. The number of hydrogen-bond acceptors (Lipinski definition) is 4. The first-order chi connectivity index (χ1) is 15.8. The average Bonchev–Trinajstić information content (AvgIpc) is 3.11. The third kappa shape index (κ3) is 5.61. The van der Waals surface area contributed by atoms with Gasteiger partial charge in [0, 0.05) is 18.5 Å². The highest BCUT2D eigenvalue weighted by molar-refractivity contribution is 5.86. The summed E-state index contributed by atoms with van der Waals surface area (Å²) in [6.45, 7) is 7.48. The van der Waals surface area contributed by atoms with E-state index < -0.39 is 18.1 Å². The highest BCUT2D eigenvalue weighted by Gasteiger charge is 2.31. The molecule has 7 nitrogen and oxygen atoms in total. The minimum Gasteiger partial charge on any atom is -0.481 e. The van der Waals surface area contributed by atoms with E-state index in [0.717, 1.165) is 22.3 Å². The van der Waals surface area contributed by atoms with Crippen LogP contribution in [0.2, 0.25) is 0 Å². The number of benzene rings is 2. The highest BCUT2D eigenvalue weighted by atomic mass is 16.5. The van der Waals surface area contributed by atoms with Gasteiger partial charge in [-0.25, -0.2) is 4.79 Å². The van der Waals surface area contributed by atoms with Crippen molar-refractivity contribution in [1.29, 1.82) is 0 Å². The van der Waals surface area contributed by atoms with Gasteiger partial charge in [-0.1, -0.05) is 54.6 Å². The van der Waals surface area contributed by atoms with Gasteiger partial charge in [-0.15, -0.1) is 6.58 Å². The fraction of sp³-hybridized carbons (Fsp3) is 0.346. The molecule has 0 heterocycles. The Morgan fingerprint density at radius 3 is 2.18 bits per heavy atom. The first-order valence-corrected chi connectivity index (χ1v) is 11.1. The second-order valence-corrected chi connectivity index (χ2v) is 8.32. The molecular formula is C26H30N2O5. The Balaban J connectivity index is 1.67. The molecule has 2 aromatic carbocycles. The highest BCUT2D eigenvalue weighted by Crippen LogP contribution is 2.44. The zero-order valence-corrected chi connectivity index (χ0v) is 19.0. The van der Waals surface area contributed by atoms with E-state index in [-0.39, 0.29) is 43.9 Å². The van der Waals surface area contributed by atoms with Gasteiger partial charge in [0.15, 0.2) is 0 Å². The number of amides is 2. The van der Waals surface area contributed by atoms with Gasteiger partial charge in [-0.3, -0.25) is 9.59 Å². The van der Waals surface area contributed by atoms with Crippen LogP contribution < -0.4 is 5.32 Å². The maximum Gasteiger partial charge on any atom is 0.407 e. The maximum atomic E-state index is 13.0. The lowest BCUT2D eigenvalue weighted by molar-refractivity contribution is -0.139. The fourth-order valence-corrected chi connectivity index (χ4v) is 4.21. The van der Waals surface area contributed by atoms with Crippen molar-refractivity contribution in [3.63, 3.8) is 0 Å². The Morgan fingerprint density at radius 1 is 1.09 bits per heavy atom. The van der Waals surface area contributed by atoms with Crippen molar-refractivity contribution in [3.8, 4) is 11.1 Å². The lowest BCUT2D eigenvalue weighted by atomic mass is 9.98. The first-order valence-electron chi connectivity index (χ1n) is 11.1. The molecule has 0 radical (unpaired) electrons. The molecule has 2 aromatic rings. The summed E-state index contributed by atoms with van der Waals surface area (Å²) in [5.41, 5.74) is 4.47. The van der Waals surface area contributed by atoms with E-state index in [0.29, 0.717) is 0 Å². The third-order valence-corrected chi connectivity index (χ3v) is 5.81. The summed E-state index contributed by atoms with van der Waals surface area (Å²) in [5.74, 6) is -1.43. The molecule has 0 spiro atoms. The Labute approximate surface area is 194 Å². The average molecular weight is 451 g/mol. The number of aliphatic carboxylic acids is 1. The number of ether oxygens (including phenoxy) is 1. The molecular weight excluding hydrogens is 420 g/mol. The normalized spacial score (nSPS) is 13.1. The van der Waals surface area contributed by atoms with Crippen LogP contribution in [0.3, 0.4) is 0 Å². The molecule has 0 saturated carbocycles. The molecule has 0 fully saturated rings. The minimum absolute atomic E-state index is 0.0614. The van der Waals surface area contributed by atoms with E-state index in [1.165, 1.54) is 4.90 Å². The van der Waals surface area contributed by atoms with Crippen molar-refractivity contribution >= 4 is 18.0 Å². The lowest BCUT2D eigenvalue weighted by Crippen LogP contribution is -2.51. The number of nitrogens with one attached hydrogen (secondary N) is 1. The van der Waals surface area contributed by atoms with Crippen LogP contribution in [0.25, 0.3) is 11.1 Å². The van der Waals surface area contributed by atoms with Crippen LogP contribution in [0.4, 0.5) is 4.79 Å². The van der Waals surface area contributed by atoms with Gasteiger partial charge in [0.1, 0.15) is 12.6 Å². The van der Waals surface area contributed by atoms with Crippen LogP contribution in [0.1, 0.15) is 43.7 Å². The summed E-state index contributed by atoms with van der Waals surface area (Å²) in [6.07, 6.45) is 0.885. The largest absolute Gasteiger partial charge is 0.481 e. The summed E-state index contributed by atoms with van der Waals surface area (Å²) in [6, 6.07) is 15.0. The van der Waals surface area contributed by atoms with Crippen molar-refractivity contribution < 1.29 is 24.2 Å². The van der Waals surface area contributed by atoms with Crippen molar-refractivity contribution in [1.82, 2.24) is 10.2 Å². The van der Waals surface area contributed by atoms with Gasteiger partial charge in [0.05, 0.1) is 6.42 Å². The molecule has 174 valence electrons. The number of nitrogens with zero attached hydrogens (tertiary/aromatic N) is 1. The molecule has 3 rings (SSSR count). The zero-order valence-electron chi connectivity index (χ0n) is 19.0. The molecule has 0 saturated heterocycles. The molecule has 1 unspecified atom stereocenters. The van der Waals surface area contributed by atoms with Crippen LogP contribution in [-0.2, 0) is 14.3 Å². The van der Waals surface area contributed by atoms with E-state index in [1.807, 2.05) is 36.4 Å². The SMILES string of the molecule is C=CCC(NC(=O)OCC1c2ccccc2-c2ccccc21)C(=O)N(CCC(=O)O)C(C)C. The van der Waals surface area contributed by atoms with Crippen molar-refractivity contribution in [2.75, 3.05) is 13.2 Å². The fourth-order valence-electron chi connectivity index (χ4n) is 4.21. The van der Waals surface area contributed by atoms with E-state index in [4.69, 9.17) is 9.84 Å². The van der Waals surface area contributed by atoms with Gasteiger partial charge in [-0.05, 0) is 42.5 Å². The lowest BCUT2D eigenvalue weighted by Gasteiger charge is -2.30. The number of carboxylic acids is 1. The van der Waals surface area contributed by atoms with Crippen LogP contribution in [0.5, 0.6) is 0 Å². The standard InChI is InChI=1S/C26H30N2O5/c1-4-9-23(25(31)28(17(2)3)15-14-24(29)30)27-26(32)33-16-22-20-12-7-5-10-18(20)19-11-6-8-13-21(19)22/h4-8,10-13,17,22-23H,1,9,14-16H2,2-3H3,(H,27,32)(H,29,30). The van der Waals surface area contributed by atoms with Gasteiger partial charge >= 0.3 is 12.1 Å². The molecule has 0 aromatic heterocycles. The Morgan fingerprint density at radius 2 is 1.67 bits per heavy atom. The van der Waals surface area contributed by atoms with E-state index in [9.17, 15) is 14.4 Å². The second kappa shape index (κ2) is 10.8. The smallest absolute Gasteiger partial charge is 0.407 e. The molecule has 0 aliphatic heterocycles. The van der Waals surface area contributed by atoms with Crippen molar-refractivity contribution in [2.45, 2.75) is 44.7 Å².